The third-order valence-electron chi connectivity index (χ3n) is 1.97. The molecule has 0 atom stereocenters. The van der Waals surface area contributed by atoms with Crippen molar-refractivity contribution in [1.29, 1.82) is 0 Å². The van der Waals surface area contributed by atoms with Crippen LogP contribution in [0.15, 0.2) is 23.7 Å². The maximum atomic E-state index is 5.70. The smallest absolute Gasteiger partial charge is 0.146 e. The van der Waals surface area contributed by atoms with Crippen molar-refractivity contribution >= 4 is 22.8 Å². The van der Waals surface area contributed by atoms with Crippen LogP contribution in [-0.2, 0) is 6.54 Å². The SMILES string of the molecule is Cc1nc(CNc2cccnc2N)cs1. The average molecular weight is 220 g/mol. The van der Waals surface area contributed by atoms with Gasteiger partial charge in [-0.05, 0) is 19.1 Å². The fourth-order valence-electron chi connectivity index (χ4n) is 1.24. The van der Waals surface area contributed by atoms with E-state index in [9.17, 15) is 0 Å². The molecule has 2 rings (SSSR count). The van der Waals surface area contributed by atoms with Crippen LogP contribution in [-0.4, -0.2) is 9.97 Å². The minimum Gasteiger partial charge on any atom is -0.382 e. The molecule has 15 heavy (non-hydrogen) atoms. The summed E-state index contributed by atoms with van der Waals surface area (Å²) in [7, 11) is 0. The summed E-state index contributed by atoms with van der Waals surface area (Å²) in [4.78, 5) is 8.34. The number of nitrogen functional groups attached to an aromatic ring is 1. The molecule has 0 aliphatic heterocycles. The van der Waals surface area contributed by atoms with E-state index in [1.807, 2.05) is 24.4 Å². The van der Waals surface area contributed by atoms with Crippen molar-refractivity contribution in [2.45, 2.75) is 13.5 Å². The minimum absolute atomic E-state index is 0.518. The zero-order valence-corrected chi connectivity index (χ0v) is 9.21. The first kappa shape index (κ1) is 9.92. The number of nitrogens with zero attached hydrogens (tertiary/aromatic N) is 2. The molecule has 0 amide bonds. The van der Waals surface area contributed by atoms with E-state index in [0.717, 1.165) is 16.4 Å². The van der Waals surface area contributed by atoms with Crippen LogP contribution in [0.2, 0.25) is 0 Å². The average Bonchev–Trinajstić information content (AvgIpc) is 2.63. The fraction of sp³-hybridized carbons (Fsp3) is 0.200. The molecule has 0 saturated heterocycles. The molecular formula is C10H12N4S. The van der Waals surface area contributed by atoms with Gasteiger partial charge < -0.3 is 11.1 Å². The van der Waals surface area contributed by atoms with Crippen molar-refractivity contribution in [3.63, 3.8) is 0 Å². The highest BCUT2D eigenvalue weighted by molar-refractivity contribution is 7.09. The Morgan fingerprint density at radius 1 is 1.53 bits per heavy atom. The van der Waals surface area contributed by atoms with Gasteiger partial charge in [0.2, 0.25) is 0 Å². The Labute approximate surface area is 92.2 Å². The molecule has 5 heteroatoms. The molecule has 0 bridgehead atoms. The maximum absolute atomic E-state index is 5.70. The summed E-state index contributed by atoms with van der Waals surface area (Å²) >= 11 is 1.65. The summed E-state index contributed by atoms with van der Waals surface area (Å²) in [5.41, 5.74) is 7.58. The Hall–Kier alpha value is -1.62. The van der Waals surface area contributed by atoms with Gasteiger partial charge in [-0.3, -0.25) is 0 Å². The molecule has 2 heterocycles. The van der Waals surface area contributed by atoms with Crippen LogP contribution < -0.4 is 11.1 Å². The van der Waals surface area contributed by atoms with Gasteiger partial charge in [-0.1, -0.05) is 0 Å². The monoisotopic (exact) mass is 220 g/mol. The van der Waals surface area contributed by atoms with E-state index in [-0.39, 0.29) is 0 Å². The lowest BCUT2D eigenvalue weighted by Gasteiger charge is -2.05. The molecule has 78 valence electrons. The summed E-state index contributed by atoms with van der Waals surface area (Å²) in [6, 6.07) is 3.76. The lowest BCUT2D eigenvalue weighted by Crippen LogP contribution is -2.03. The molecule has 0 aliphatic rings. The quantitative estimate of drug-likeness (QED) is 0.830. The number of hydrogen-bond acceptors (Lipinski definition) is 5. The van der Waals surface area contributed by atoms with E-state index in [4.69, 9.17) is 5.73 Å². The highest BCUT2D eigenvalue weighted by Crippen LogP contribution is 2.15. The van der Waals surface area contributed by atoms with Crippen molar-refractivity contribution in [3.05, 3.63) is 34.4 Å². The third kappa shape index (κ3) is 2.44. The predicted octanol–water partition coefficient (Wildman–Crippen LogP) is 2.04. The first-order valence-electron chi connectivity index (χ1n) is 4.61. The summed E-state index contributed by atoms with van der Waals surface area (Å²) < 4.78 is 0. The van der Waals surface area contributed by atoms with E-state index in [1.165, 1.54) is 0 Å². The topological polar surface area (TPSA) is 63.8 Å². The van der Waals surface area contributed by atoms with Crippen LogP contribution in [0.25, 0.3) is 0 Å². The summed E-state index contributed by atoms with van der Waals surface area (Å²) in [6.07, 6.45) is 1.67. The van der Waals surface area contributed by atoms with Crippen LogP contribution in [0.5, 0.6) is 0 Å². The van der Waals surface area contributed by atoms with E-state index in [2.05, 4.69) is 15.3 Å². The fourth-order valence-corrected chi connectivity index (χ4v) is 1.85. The molecule has 2 aromatic heterocycles. The lowest BCUT2D eigenvalue weighted by molar-refractivity contribution is 1.05. The summed E-state index contributed by atoms with van der Waals surface area (Å²) in [5.74, 6) is 0.518. The standard InChI is InChI=1S/C10H12N4S/c1-7-14-8(6-15-7)5-13-9-3-2-4-12-10(9)11/h2-4,6,13H,5H2,1H3,(H2,11,12). The second-order valence-corrected chi connectivity index (χ2v) is 4.21. The first-order chi connectivity index (χ1) is 7.25. The van der Waals surface area contributed by atoms with Gasteiger partial charge in [-0.2, -0.15) is 0 Å². The summed E-state index contributed by atoms with van der Waals surface area (Å²) in [5, 5.41) is 6.31. The largest absolute Gasteiger partial charge is 0.382 e. The van der Waals surface area contributed by atoms with Crippen LogP contribution in [0.3, 0.4) is 0 Å². The normalized spacial score (nSPS) is 10.2. The highest BCUT2D eigenvalue weighted by atomic mass is 32.1. The van der Waals surface area contributed by atoms with Crippen molar-refractivity contribution in [1.82, 2.24) is 9.97 Å². The van der Waals surface area contributed by atoms with Gasteiger partial charge in [0.15, 0.2) is 0 Å². The predicted molar refractivity (Wildman–Crippen MR) is 62.8 cm³/mol. The van der Waals surface area contributed by atoms with Gasteiger partial charge >= 0.3 is 0 Å². The molecule has 0 spiro atoms. The zero-order valence-electron chi connectivity index (χ0n) is 8.40. The van der Waals surface area contributed by atoms with Gasteiger partial charge in [0.25, 0.3) is 0 Å². The highest BCUT2D eigenvalue weighted by Gasteiger charge is 2.00. The number of aryl methyl sites for hydroxylation is 1. The number of hydrogen-bond donors (Lipinski definition) is 2. The number of aromatic nitrogens is 2. The van der Waals surface area contributed by atoms with Crippen molar-refractivity contribution in [3.8, 4) is 0 Å². The molecule has 0 saturated carbocycles. The Bertz CT molecular complexity index is 452. The van der Waals surface area contributed by atoms with E-state index < -0.39 is 0 Å². The van der Waals surface area contributed by atoms with Crippen molar-refractivity contribution < 1.29 is 0 Å². The number of anilines is 2. The molecule has 0 unspecified atom stereocenters. The molecule has 2 aromatic rings. The van der Waals surface area contributed by atoms with Crippen LogP contribution in [0, 0.1) is 6.92 Å². The van der Waals surface area contributed by atoms with Crippen LogP contribution >= 0.6 is 11.3 Å². The second-order valence-electron chi connectivity index (χ2n) is 3.15. The number of rotatable bonds is 3. The number of thiazole rings is 1. The molecular weight excluding hydrogens is 208 g/mol. The number of pyridine rings is 1. The van der Waals surface area contributed by atoms with E-state index in [0.29, 0.717) is 12.4 Å². The van der Waals surface area contributed by atoms with Crippen LogP contribution in [0.1, 0.15) is 10.7 Å². The molecule has 0 radical (unpaired) electrons. The second kappa shape index (κ2) is 4.27. The number of nitrogens with one attached hydrogen (secondary N) is 1. The Morgan fingerprint density at radius 2 is 2.40 bits per heavy atom. The summed E-state index contributed by atoms with van der Waals surface area (Å²) in [6.45, 7) is 2.67. The van der Waals surface area contributed by atoms with Gasteiger partial charge in [0.1, 0.15) is 5.82 Å². The minimum atomic E-state index is 0.518. The zero-order chi connectivity index (χ0) is 10.7. The number of nitrogens with two attached hydrogens (primary N) is 1. The molecule has 4 nitrogen and oxygen atoms in total. The maximum Gasteiger partial charge on any atom is 0.146 e. The molecule has 3 N–H and O–H groups in total. The molecule has 0 aromatic carbocycles. The van der Waals surface area contributed by atoms with Crippen molar-refractivity contribution in [2.24, 2.45) is 0 Å². The molecule has 0 fully saturated rings. The van der Waals surface area contributed by atoms with Crippen molar-refractivity contribution in [2.75, 3.05) is 11.1 Å². The van der Waals surface area contributed by atoms with Crippen LogP contribution in [0.4, 0.5) is 11.5 Å². The van der Waals surface area contributed by atoms with Gasteiger partial charge in [-0.25, -0.2) is 9.97 Å². The molecule has 0 aliphatic carbocycles. The first-order valence-corrected chi connectivity index (χ1v) is 5.49. The van der Waals surface area contributed by atoms with Gasteiger partial charge in [0.05, 0.1) is 22.9 Å². The Balaban J connectivity index is 2.02. The third-order valence-corrected chi connectivity index (χ3v) is 2.79. The van der Waals surface area contributed by atoms with Gasteiger partial charge in [0, 0.05) is 11.6 Å². The van der Waals surface area contributed by atoms with E-state index in [1.54, 1.807) is 17.5 Å². The Morgan fingerprint density at radius 3 is 3.07 bits per heavy atom. The lowest BCUT2D eigenvalue weighted by atomic mass is 10.3. The van der Waals surface area contributed by atoms with Gasteiger partial charge in [-0.15, -0.1) is 11.3 Å². The Kier molecular flexibility index (Phi) is 2.82. The van der Waals surface area contributed by atoms with E-state index >= 15 is 0 Å².